The smallest absolute Gasteiger partial charge is 0.246 e. The number of ketones is 1. The topological polar surface area (TPSA) is 404 Å². The lowest BCUT2D eigenvalue weighted by atomic mass is 9.93. The third kappa shape index (κ3) is 41.7. The van der Waals surface area contributed by atoms with Gasteiger partial charge in [-0.15, -0.1) is 0 Å². The molecule has 0 aliphatic carbocycles. The lowest BCUT2D eigenvalue weighted by molar-refractivity contribution is -0.130. The van der Waals surface area contributed by atoms with Gasteiger partial charge in [-0.05, 0) is 92.9 Å². The summed E-state index contributed by atoms with van der Waals surface area (Å²) in [7, 11) is 0. The first-order valence-corrected chi connectivity index (χ1v) is 29.3. The van der Waals surface area contributed by atoms with E-state index in [2.05, 4.69) is 52.8 Å². The summed E-state index contributed by atoms with van der Waals surface area (Å²) in [6, 6.07) is -0.434. The predicted octanol–water partition coefficient (Wildman–Crippen LogP) is 1.22. The van der Waals surface area contributed by atoms with E-state index < -0.39 is 23.0 Å². The number of rotatable bonds is 53. The maximum Gasteiger partial charge on any atom is 0.246 e. The minimum atomic E-state index is -0.683. The number of unbranched alkanes of at least 4 members (excludes halogenated alkanes) is 3. The van der Waals surface area contributed by atoms with Gasteiger partial charge in [0, 0.05) is 95.7 Å². The first kappa shape index (κ1) is 77.1. The zero-order valence-electron chi connectivity index (χ0n) is 51.0. The number of nitrogens with zero attached hydrogens (tertiary/aromatic N) is 2. The number of carbonyl (C=O) groups is 9. The maximum atomic E-state index is 13.4. The molecule has 0 aromatic rings. The number of amides is 8. The molecule has 478 valence electrons. The van der Waals surface area contributed by atoms with E-state index in [4.69, 9.17) is 30.4 Å². The summed E-state index contributed by atoms with van der Waals surface area (Å²) in [6.45, 7) is 17.6. The van der Waals surface area contributed by atoms with Gasteiger partial charge in [-0.25, -0.2) is 0 Å². The molecule has 8 amide bonds. The molecule has 0 aliphatic rings. The van der Waals surface area contributed by atoms with Crippen molar-refractivity contribution in [1.82, 2.24) is 42.5 Å². The van der Waals surface area contributed by atoms with E-state index in [1.807, 2.05) is 27.7 Å². The molecule has 0 radical (unpaired) electrons. The van der Waals surface area contributed by atoms with Gasteiger partial charge in [-0.3, -0.25) is 43.2 Å². The zero-order chi connectivity index (χ0) is 62.5. The van der Waals surface area contributed by atoms with Crippen molar-refractivity contribution >= 4 is 64.5 Å². The summed E-state index contributed by atoms with van der Waals surface area (Å²) in [6.07, 6.45) is 6.59. The SMILES string of the molecule is C/C(=N\O)C(C)(C)NCC(CNC(C)(C)/C(C)=N/O)NC(=O)CCCC(=O)C[C@@H](CCCCNC(=O)CCCC(=O)NCCOCCOCC(=O)NCCOCCOCC(=O)NCCCC[C@H](C)C(N)=O)C(=O)NCCCC[C@H](C)C(N)=O. The Hall–Kier alpha value is -5.87. The number of hydrogen-bond acceptors (Lipinski definition) is 19. The van der Waals surface area contributed by atoms with Gasteiger partial charge >= 0.3 is 0 Å². The molecule has 0 saturated carbocycles. The Bertz CT molecular complexity index is 1960. The summed E-state index contributed by atoms with van der Waals surface area (Å²) in [5.41, 5.74) is 10.1. The number of nitrogens with one attached hydrogen (secondary N) is 8. The van der Waals surface area contributed by atoms with Crippen molar-refractivity contribution in [2.45, 2.75) is 175 Å². The number of oxime groups is 2. The Morgan fingerprint density at radius 3 is 1.31 bits per heavy atom. The first-order valence-electron chi connectivity index (χ1n) is 29.3. The number of nitrogens with two attached hydrogens (primary N) is 2. The van der Waals surface area contributed by atoms with Crippen molar-refractivity contribution in [3.05, 3.63) is 0 Å². The molecule has 0 fully saturated rings. The van der Waals surface area contributed by atoms with Crippen LogP contribution in [0.2, 0.25) is 0 Å². The largest absolute Gasteiger partial charge is 0.411 e. The van der Waals surface area contributed by atoms with Crippen molar-refractivity contribution in [1.29, 1.82) is 0 Å². The summed E-state index contributed by atoms with van der Waals surface area (Å²) in [5.74, 6) is -3.52. The van der Waals surface area contributed by atoms with E-state index >= 15 is 0 Å². The molecule has 0 rings (SSSR count). The Morgan fingerprint density at radius 1 is 0.470 bits per heavy atom. The summed E-state index contributed by atoms with van der Waals surface area (Å²) >= 11 is 0. The van der Waals surface area contributed by atoms with Crippen LogP contribution in [0.4, 0.5) is 0 Å². The number of primary amides is 2. The van der Waals surface area contributed by atoms with Crippen molar-refractivity contribution in [3.8, 4) is 0 Å². The van der Waals surface area contributed by atoms with Gasteiger partial charge in [0.1, 0.15) is 19.0 Å². The molecule has 3 atom stereocenters. The highest BCUT2D eigenvalue weighted by Crippen LogP contribution is 2.17. The van der Waals surface area contributed by atoms with E-state index in [1.165, 1.54) is 0 Å². The van der Waals surface area contributed by atoms with Gasteiger partial charge in [0.05, 0.1) is 68.2 Å². The lowest BCUT2D eigenvalue weighted by Crippen LogP contribution is -2.57. The predicted molar refractivity (Wildman–Crippen MR) is 313 cm³/mol. The molecule has 0 aromatic carbocycles. The van der Waals surface area contributed by atoms with Gasteiger partial charge in [0.15, 0.2) is 0 Å². The van der Waals surface area contributed by atoms with Gasteiger partial charge in [-0.1, -0.05) is 43.4 Å². The average Bonchev–Trinajstić information content (AvgIpc) is 3.43. The fraction of sp³-hybridized carbons (Fsp3) is 0.804. The second kappa shape index (κ2) is 46.5. The second-order valence-corrected chi connectivity index (χ2v) is 21.9. The van der Waals surface area contributed by atoms with Crippen molar-refractivity contribution in [2.24, 2.45) is 39.5 Å². The van der Waals surface area contributed by atoms with Crippen LogP contribution in [-0.4, -0.2) is 191 Å². The van der Waals surface area contributed by atoms with Gasteiger partial charge in [0.2, 0.25) is 47.3 Å². The van der Waals surface area contributed by atoms with Crippen LogP contribution in [0.15, 0.2) is 10.3 Å². The number of ether oxygens (including phenoxy) is 4. The molecule has 14 N–H and O–H groups in total. The lowest BCUT2D eigenvalue weighted by Gasteiger charge is -2.32. The van der Waals surface area contributed by atoms with Gasteiger partial charge in [-0.2, -0.15) is 0 Å². The molecule has 0 unspecified atom stereocenters. The highest BCUT2D eigenvalue weighted by Gasteiger charge is 2.28. The quantitative estimate of drug-likeness (QED) is 0.0176. The van der Waals surface area contributed by atoms with E-state index in [-0.39, 0.29) is 169 Å². The fourth-order valence-corrected chi connectivity index (χ4v) is 7.63. The van der Waals surface area contributed by atoms with Crippen molar-refractivity contribution < 1.29 is 72.5 Å². The number of Topliss-reactive ketones (excluding diaryl/α,β-unsaturated/α-hetero) is 1. The molecular formula is C56H104N12O15. The normalized spacial score (nSPS) is 13.5. The van der Waals surface area contributed by atoms with Crippen LogP contribution in [0, 0.1) is 17.8 Å². The Balaban J connectivity index is 4.57. The van der Waals surface area contributed by atoms with Crippen LogP contribution in [0.3, 0.4) is 0 Å². The van der Waals surface area contributed by atoms with Crippen LogP contribution in [-0.2, 0) is 62.1 Å². The summed E-state index contributed by atoms with van der Waals surface area (Å²) < 4.78 is 21.4. The number of carbonyl (C=O) groups excluding carboxylic acids is 9. The first-order chi connectivity index (χ1) is 39.3. The van der Waals surface area contributed by atoms with E-state index in [1.54, 1.807) is 27.7 Å². The molecule has 0 heterocycles. The third-order valence-corrected chi connectivity index (χ3v) is 13.9. The Labute approximate surface area is 491 Å². The highest BCUT2D eigenvalue weighted by atomic mass is 16.5. The summed E-state index contributed by atoms with van der Waals surface area (Å²) in [5, 5.41) is 48.8. The molecule has 0 spiro atoms. The third-order valence-electron chi connectivity index (χ3n) is 13.9. The van der Waals surface area contributed by atoms with E-state index in [0.717, 1.165) is 12.8 Å². The molecule has 0 aromatic heterocycles. The minimum absolute atomic E-state index is 0.0192. The molecule has 0 saturated heterocycles. The number of hydrogen-bond donors (Lipinski definition) is 12. The molecule has 27 heteroatoms. The Morgan fingerprint density at radius 2 is 0.855 bits per heavy atom. The van der Waals surface area contributed by atoms with Crippen LogP contribution < -0.4 is 54.0 Å². The van der Waals surface area contributed by atoms with Crippen LogP contribution >= 0.6 is 0 Å². The summed E-state index contributed by atoms with van der Waals surface area (Å²) in [4.78, 5) is 111. The van der Waals surface area contributed by atoms with Crippen LogP contribution in [0.5, 0.6) is 0 Å². The minimum Gasteiger partial charge on any atom is -0.411 e. The maximum absolute atomic E-state index is 13.4. The van der Waals surface area contributed by atoms with Crippen molar-refractivity contribution in [3.63, 3.8) is 0 Å². The van der Waals surface area contributed by atoms with Gasteiger partial charge in [0.25, 0.3) is 0 Å². The zero-order valence-corrected chi connectivity index (χ0v) is 51.0. The average molecular weight is 1190 g/mol. The molecular weight excluding hydrogens is 1080 g/mol. The van der Waals surface area contributed by atoms with Crippen LogP contribution in [0.1, 0.15) is 158 Å². The standard InChI is InChI=1S/C56H104N12O15/c1-40(52(57)75)17-9-12-25-60-50(73)38-82-33-32-81-30-28-62-51(74)39-83-34-31-80-29-27-61-48(71)22-16-21-47(70)59-24-14-11-19-44(54(77)63-26-13-10-18-41(2)53(58)76)35-46(69)20-15-23-49(72)66-45(36-64-55(5,6)42(3)67-78)37-65-56(7,8)43(4)68-79/h40-41,44-45,64-65,78-79H,9-39H2,1-8H3,(H2,57,75)(H2,58,76)(H,59,70)(H,60,73)(H,61,71)(H,62,74)(H,63,77)(H,66,72)/b67-42+,68-43+/t40-,41-,44+/m0/s1. The monoisotopic (exact) mass is 1180 g/mol. The van der Waals surface area contributed by atoms with E-state index in [0.29, 0.717) is 95.5 Å². The highest BCUT2D eigenvalue weighted by molar-refractivity contribution is 5.91. The second-order valence-electron chi connectivity index (χ2n) is 21.9. The molecule has 27 nitrogen and oxygen atoms in total. The molecule has 0 aliphatic heterocycles. The van der Waals surface area contributed by atoms with E-state index in [9.17, 15) is 53.6 Å². The van der Waals surface area contributed by atoms with Crippen molar-refractivity contribution in [2.75, 3.05) is 98.7 Å². The molecule has 0 bridgehead atoms. The molecule has 83 heavy (non-hydrogen) atoms. The van der Waals surface area contributed by atoms with Crippen LogP contribution in [0.25, 0.3) is 0 Å². The van der Waals surface area contributed by atoms with Gasteiger partial charge < -0.3 is 83.4 Å². The fourth-order valence-electron chi connectivity index (χ4n) is 7.63. The Kier molecular flexibility index (Phi) is 43.2.